The van der Waals surface area contributed by atoms with E-state index in [4.69, 9.17) is 0 Å². The summed E-state index contributed by atoms with van der Waals surface area (Å²) < 4.78 is 0.0940. The van der Waals surface area contributed by atoms with Gasteiger partial charge in [-0.25, -0.2) is 0 Å². The second-order valence-corrected chi connectivity index (χ2v) is 6.81. The Bertz CT molecular complexity index is 360. The van der Waals surface area contributed by atoms with Crippen molar-refractivity contribution in [3.05, 3.63) is 0 Å². The van der Waals surface area contributed by atoms with Crippen LogP contribution in [0.5, 0.6) is 0 Å². The molecule has 0 spiro atoms. The maximum atomic E-state index is 12.5. The first-order valence-corrected chi connectivity index (χ1v) is 8.42. The maximum Gasteiger partial charge on any atom is 0.245 e. The fourth-order valence-electron chi connectivity index (χ4n) is 3.17. The molecule has 5 heteroatoms. The Kier molecular flexibility index (Phi) is 4.43. The fraction of sp³-hybridized carbons (Fsp3) is 0.857. The first kappa shape index (κ1) is 14.7. The standard InChI is InChI=1S/C14H24N2O2S/c1-4-14(5-2,19-3)10-15-9-12(17)16-8-6-7-11(16)13(15)18/h11H,4-10H2,1-3H3. The lowest BCUT2D eigenvalue weighted by Gasteiger charge is -2.41. The molecule has 2 aliphatic rings. The van der Waals surface area contributed by atoms with E-state index in [1.54, 1.807) is 9.80 Å². The van der Waals surface area contributed by atoms with Crippen LogP contribution in [0.4, 0.5) is 0 Å². The summed E-state index contributed by atoms with van der Waals surface area (Å²) in [5.74, 6) is 0.293. The summed E-state index contributed by atoms with van der Waals surface area (Å²) in [5, 5.41) is 0. The molecular weight excluding hydrogens is 260 g/mol. The predicted octanol–water partition coefficient (Wildman–Crippen LogP) is 1.74. The number of carbonyl (C=O) groups is 2. The molecule has 0 aromatic carbocycles. The number of rotatable bonds is 5. The second-order valence-electron chi connectivity index (χ2n) is 5.53. The van der Waals surface area contributed by atoms with Gasteiger partial charge >= 0.3 is 0 Å². The summed E-state index contributed by atoms with van der Waals surface area (Å²) in [6, 6.07) is -0.172. The summed E-state index contributed by atoms with van der Waals surface area (Å²) >= 11 is 1.82. The van der Waals surface area contributed by atoms with Gasteiger partial charge < -0.3 is 9.80 Å². The van der Waals surface area contributed by atoms with Crippen molar-refractivity contribution in [1.29, 1.82) is 0 Å². The van der Waals surface area contributed by atoms with Gasteiger partial charge in [-0.2, -0.15) is 11.8 Å². The molecule has 1 unspecified atom stereocenters. The fourth-order valence-corrected chi connectivity index (χ4v) is 4.04. The van der Waals surface area contributed by atoms with E-state index < -0.39 is 0 Å². The minimum atomic E-state index is -0.172. The molecule has 0 bridgehead atoms. The van der Waals surface area contributed by atoms with Gasteiger partial charge in [0.1, 0.15) is 6.04 Å². The second kappa shape index (κ2) is 5.73. The summed E-state index contributed by atoms with van der Waals surface area (Å²) in [7, 11) is 0. The average molecular weight is 284 g/mol. The van der Waals surface area contributed by atoms with Gasteiger partial charge in [-0.05, 0) is 31.9 Å². The van der Waals surface area contributed by atoms with Crippen LogP contribution in [0.3, 0.4) is 0 Å². The van der Waals surface area contributed by atoms with Crippen LogP contribution in [-0.2, 0) is 9.59 Å². The molecule has 2 rings (SSSR count). The lowest BCUT2D eigenvalue weighted by molar-refractivity contribution is -0.153. The molecule has 2 amide bonds. The number of fused-ring (bicyclic) bond motifs is 1. The van der Waals surface area contributed by atoms with Crippen molar-refractivity contribution in [3.63, 3.8) is 0 Å². The van der Waals surface area contributed by atoms with Gasteiger partial charge in [0.2, 0.25) is 11.8 Å². The summed E-state index contributed by atoms with van der Waals surface area (Å²) in [6.07, 6.45) is 5.95. The topological polar surface area (TPSA) is 40.6 Å². The summed E-state index contributed by atoms with van der Waals surface area (Å²) in [6.45, 7) is 6.07. The highest BCUT2D eigenvalue weighted by molar-refractivity contribution is 8.00. The van der Waals surface area contributed by atoms with Gasteiger partial charge in [0.05, 0.1) is 6.54 Å². The van der Waals surface area contributed by atoms with Crippen LogP contribution in [0, 0.1) is 0 Å². The molecule has 4 nitrogen and oxygen atoms in total. The van der Waals surface area contributed by atoms with E-state index in [0.717, 1.165) is 32.2 Å². The zero-order chi connectivity index (χ0) is 14.0. The van der Waals surface area contributed by atoms with E-state index >= 15 is 0 Å². The number of carbonyl (C=O) groups excluding carboxylic acids is 2. The van der Waals surface area contributed by atoms with Crippen LogP contribution in [0.1, 0.15) is 39.5 Å². The van der Waals surface area contributed by atoms with Gasteiger partial charge in [-0.15, -0.1) is 0 Å². The molecule has 0 radical (unpaired) electrons. The monoisotopic (exact) mass is 284 g/mol. The van der Waals surface area contributed by atoms with Crippen LogP contribution >= 0.6 is 11.8 Å². The van der Waals surface area contributed by atoms with Gasteiger partial charge in [-0.3, -0.25) is 9.59 Å². The molecule has 0 N–H and O–H groups in total. The van der Waals surface area contributed by atoms with Crippen LogP contribution < -0.4 is 0 Å². The average Bonchev–Trinajstić information content (AvgIpc) is 2.92. The summed E-state index contributed by atoms with van der Waals surface area (Å²) in [5.41, 5.74) is 0. The largest absolute Gasteiger partial charge is 0.330 e. The van der Waals surface area contributed by atoms with Crippen LogP contribution in [0.25, 0.3) is 0 Å². The third-order valence-electron chi connectivity index (χ3n) is 4.70. The normalized spacial score (nSPS) is 24.1. The minimum absolute atomic E-state index is 0.0940. The maximum absolute atomic E-state index is 12.5. The van der Waals surface area contributed by atoms with Crippen molar-refractivity contribution in [1.82, 2.24) is 9.80 Å². The molecule has 0 aromatic heterocycles. The number of thioether (sulfide) groups is 1. The quantitative estimate of drug-likeness (QED) is 0.772. The summed E-state index contributed by atoms with van der Waals surface area (Å²) in [4.78, 5) is 28.2. The number of piperazine rings is 1. The molecule has 0 aliphatic carbocycles. The SMILES string of the molecule is CCC(CC)(CN1CC(=O)N2CCCC2C1=O)SC. The van der Waals surface area contributed by atoms with Crippen molar-refractivity contribution in [2.75, 3.05) is 25.9 Å². The van der Waals surface area contributed by atoms with E-state index in [-0.39, 0.29) is 29.1 Å². The van der Waals surface area contributed by atoms with Gasteiger partial charge in [0, 0.05) is 17.8 Å². The molecule has 108 valence electrons. The Morgan fingerprint density at radius 2 is 2.00 bits per heavy atom. The first-order chi connectivity index (χ1) is 9.06. The van der Waals surface area contributed by atoms with Crippen molar-refractivity contribution in [3.8, 4) is 0 Å². The number of nitrogens with zero attached hydrogens (tertiary/aromatic N) is 2. The third-order valence-corrected chi connectivity index (χ3v) is 6.27. The number of hydrogen-bond acceptors (Lipinski definition) is 3. The Morgan fingerprint density at radius 1 is 1.32 bits per heavy atom. The first-order valence-electron chi connectivity index (χ1n) is 7.20. The number of hydrogen-bond donors (Lipinski definition) is 0. The predicted molar refractivity (Wildman–Crippen MR) is 78.1 cm³/mol. The molecule has 2 fully saturated rings. The molecule has 0 saturated carbocycles. The minimum Gasteiger partial charge on any atom is -0.330 e. The highest BCUT2D eigenvalue weighted by atomic mass is 32.2. The van der Waals surface area contributed by atoms with Crippen molar-refractivity contribution < 1.29 is 9.59 Å². The van der Waals surface area contributed by atoms with Crippen molar-refractivity contribution in [2.24, 2.45) is 0 Å². The molecule has 0 aromatic rings. The van der Waals surface area contributed by atoms with Crippen molar-refractivity contribution >= 4 is 23.6 Å². The molecule has 2 aliphatic heterocycles. The number of amides is 2. The van der Waals surface area contributed by atoms with Gasteiger partial charge in [-0.1, -0.05) is 13.8 Å². The van der Waals surface area contributed by atoms with Crippen LogP contribution in [0.2, 0.25) is 0 Å². The van der Waals surface area contributed by atoms with Crippen LogP contribution in [0.15, 0.2) is 0 Å². The molecule has 2 heterocycles. The lowest BCUT2D eigenvalue weighted by Crippen LogP contribution is -2.59. The Labute approximate surface area is 119 Å². The van der Waals surface area contributed by atoms with E-state index in [0.29, 0.717) is 6.54 Å². The zero-order valence-electron chi connectivity index (χ0n) is 12.1. The zero-order valence-corrected chi connectivity index (χ0v) is 13.0. The molecule has 1 atom stereocenters. The van der Waals surface area contributed by atoms with E-state index in [2.05, 4.69) is 20.1 Å². The van der Waals surface area contributed by atoms with Crippen LogP contribution in [-0.4, -0.2) is 58.3 Å². The molecular formula is C14H24N2O2S. The Hall–Kier alpha value is -0.710. The Balaban J connectivity index is 2.12. The van der Waals surface area contributed by atoms with Gasteiger partial charge in [0.25, 0.3) is 0 Å². The van der Waals surface area contributed by atoms with Gasteiger partial charge in [0.15, 0.2) is 0 Å². The Morgan fingerprint density at radius 3 is 2.58 bits per heavy atom. The third kappa shape index (κ3) is 2.62. The highest BCUT2D eigenvalue weighted by Crippen LogP contribution is 2.33. The molecule has 2 saturated heterocycles. The van der Waals surface area contributed by atoms with E-state index in [1.165, 1.54) is 0 Å². The smallest absolute Gasteiger partial charge is 0.245 e. The van der Waals surface area contributed by atoms with E-state index in [9.17, 15) is 9.59 Å². The van der Waals surface area contributed by atoms with E-state index in [1.807, 2.05) is 11.8 Å². The lowest BCUT2D eigenvalue weighted by atomic mass is 10.00. The molecule has 19 heavy (non-hydrogen) atoms. The highest BCUT2D eigenvalue weighted by Gasteiger charge is 2.43. The van der Waals surface area contributed by atoms with Crippen molar-refractivity contribution in [2.45, 2.75) is 50.3 Å².